The molecular formula is C14H27NO3. The Labute approximate surface area is 110 Å². The minimum absolute atomic E-state index is 0.198. The summed E-state index contributed by atoms with van der Waals surface area (Å²) in [5, 5.41) is 3.21. The topological polar surface area (TPSA) is 47.6 Å². The van der Waals surface area contributed by atoms with Crippen molar-refractivity contribution < 1.29 is 14.3 Å². The predicted molar refractivity (Wildman–Crippen MR) is 71.5 cm³/mol. The molecule has 1 saturated carbocycles. The first-order valence-electron chi connectivity index (χ1n) is 7.09. The lowest BCUT2D eigenvalue weighted by molar-refractivity contribution is -0.144. The molecule has 0 spiro atoms. The summed E-state index contributed by atoms with van der Waals surface area (Å²) in [6.45, 7) is 4.68. The van der Waals surface area contributed by atoms with Crippen molar-refractivity contribution in [1.82, 2.24) is 5.32 Å². The van der Waals surface area contributed by atoms with Crippen LogP contribution in [0.4, 0.5) is 0 Å². The van der Waals surface area contributed by atoms with Crippen LogP contribution in [0.25, 0.3) is 0 Å². The molecule has 4 heteroatoms. The van der Waals surface area contributed by atoms with Crippen LogP contribution < -0.4 is 5.32 Å². The van der Waals surface area contributed by atoms with Gasteiger partial charge in [0.05, 0.1) is 13.2 Å². The van der Waals surface area contributed by atoms with Crippen molar-refractivity contribution in [3.05, 3.63) is 0 Å². The fraction of sp³-hybridized carbons (Fsp3) is 0.929. The lowest BCUT2D eigenvalue weighted by Gasteiger charge is -2.24. The standard InChI is InChI=1S/C14H27NO3/c1-11(2)15-13(14(16)17-3)9-10-18-12-7-5-4-6-8-12/h11-13,15H,4-10H2,1-3H3. The Balaban J connectivity index is 2.25. The number of nitrogens with one attached hydrogen (secondary N) is 1. The summed E-state index contributed by atoms with van der Waals surface area (Å²) in [5.41, 5.74) is 0. The highest BCUT2D eigenvalue weighted by molar-refractivity contribution is 5.75. The van der Waals surface area contributed by atoms with Crippen molar-refractivity contribution in [3.63, 3.8) is 0 Å². The molecule has 1 aliphatic carbocycles. The van der Waals surface area contributed by atoms with Gasteiger partial charge in [-0.25, -0.2) is 0 Å². The van der Waals surface area contributed by atoms with Gasteiger partial charge in [0.1, 0.15) is 6.04 Å². The molecule has 0 aromatic rings. The quantitative estimate of drug-likeness (QED) is 0.711. The summed E-state index contributed by atoms with van der Waals surface area (Å²) < 4.78 is 10.6. The Hall–Kier alpha value is -0.610. The van der Waals surface area contributed by atoms with E-state index in [1.165, 1.54) is 39.2 Å². The van der Waals surface area contributed by atoms with Crippen LogP contribution in [0.2, 0.25) is 0 Å². The Morgan fingerprint density at radius 3 is 2.50 bits per heavy atom. The maximum atomic E-state index is 11.6. The average molecular weight is 257 g/mol. The Morgan fingerprint density at radius 2 is 1.94 bits per heavy atom. The van der Waals surface area contributed by atoms with Crippen molar-refractivity contribution in [2.75, 3.05) is 13.7 Å². The minimum atomic E-state index is -0.251. The van der Waals surface area contributed by atoms with Crippen LogP contribution >= 0.6 is 0 Å². The van der Waals surface area contributed by atoms with Gasteiger partial charge in [-0.05, 0) is 19.3 Å². The first-order chi connectivity index (χ1) is 8.63. The maximum Gasteiger partial charge on any atom is 0.322 e. The van der Waals surface area contributed by atoms with Gasteiger partial charge in [-0.15, -0.1) is 0 Å². The molecule has 0 aromatic heterocycles. The number of methoxy groups -OCH3 is 1. The molecule has 1 N–H and O–H groups in total. The molecule has 0 bridgehead atoms. The van der Waals surface area contributed by atoms with Gasteiger partial charge < -0.3 is 14.8 Å². The van der Waals surface area contributed by atoms with Crippen molar-refractivity contribution in [1.29, 1.82) is 0 Å². The Morgan fingerprint density at radius 1 is 1.28 bits per heavy atom. The molecule has 0 heterocycles. The van der Waals surface area contributed by atoms with E-state index in [0.717, 1.165) is 0 Å². The summed E-state index contributed by atoms with van der Waals surface area (Å²) in [7, 11) is 1.43. The third-order valence-electron chi connectivity index (χ3n) is 3.33. The van der Waals surface area contributed by atoms with Gasteiger partial charge >= 0.3 is 5.97 Å². The number of carbonyl (C=O) groups excluding carboxylic acids is 1. The maximum absolute atomic E-state index is 11.6. The van der Waals surface area contributed by atoms with Crippen molar-refractivity contribution >= 4 is 5.97 Å². The first kappa shape index (κ1) is 15.4. The highest BCUT2D eigenvalue weighted by Gasteiger charge is 2.20. The second kappa shape index (κ2) is 8.48. The van der Waals surface area contributed by atoms with Gasteiger partial charge in [0.15, 0.2) is 0 Å². The van der Waals surface area contributed by atoms with Gasteiger partial charge in [-0.1, -0.05) is 33.1 Å². The molecule has 1 atom stereocenters. The van der Waals surface area contributed by atoms with Crippen molar-refractivity contribution in [2.45, 2.75) is 70.6 Å². The highest BCUT2D eigenvalue weighted by Crippen LogP contribution is 2.20. The molecular weight excluding hydrogens is 230 g/mol. The van der Waals surface area contributed by atoms with E-state index in [1.807, 2.05) is 13.8 Å². The molecule has 1 fully saturated rings. The Kier molecular flexibility index (Phi) is 7.28. The van der Waals surface area contributed by atoms with Crippen LogP contribution in [0.5, 0.6) is 0 Å². The van der Waals surface area contributed by atoms with E-state index >= 15 is 0 Å². The zero-order valence-corrected chi connectivity index (χ0v) is 11.9. The number of hydrogen-bond donors (Lipinski definition) is 1. The third-order valence-corrected chi connectivity index (χ3v) is 3.33. The number of carbonyl (C=O) groups is 1. The van der Waals surface area contributed by atoms with Crippen LogP contribution in [0, 0.1) is 0 Å². The second-order valence-corrected chi connectivity index (χ2v) is 5.32. The molecule has 1 unspecified atom stereocenters. The van der Waals surface area contributed by atoms with Gasteiger partial charge in [-0.2, -0.15) is 0 Å². The normalized spacial score (nSPS) is 18.9. The van der Waals surface area contributed by atoms with Crippen LogP contribution in [0.1, 0.15) is 52.4 Å². The van der Waals surface area contributed by atoms with E-state index in [9.17, 15) is 4.79 Å². The summed E-state index contributed by atoms with van der Waals surface area (Å²) >= 11 is 0. The monoisotopic (exact) mass is 257 g/mol. The second-order valence-electron chi connectivity index (χ2n) is 5.32. The van der Waals surface area contributed by atoms with E-state index in [-0.39, 0.29) is 18.1 Å². The summed E-state index contributed by atoms with van der Waals surface area (Å²) in [5.74, 6) is -0.198. The van der Waals surface area contributed by atoms with Gasteiger partial charge in [0.25, 0.3) is 0 Å². The molecule has 18 heavy (non-hydrogen) atoms. The first-order valence-corrected chi connectivity index (χ1v) is 7.09. The van der Waals surface area contributed by atoms with Gasteiger partial charge in [0.2, 0.25) is 0 Å². The van der Waals surface area contributed by atoms with Crippen LogP contribution in [0.3, 0.4) is 0 Å². The van der Waals surface area contributed by atoms with E-state index in [0.29, 0.717) is 19.1 Å². The van der Waals surface area contributed by atoms with E-state index in [1.54, 1.807) is 0 Å². The van der Waals surface area contributed by atoms with Gasteiger partial charge in [-0.3, -0.25) is 4.79 Å². The lowest BCUT2D eigenvalue weighted by atomic mass is 9.98. The molecule has 106 valence electrons. The SMILES string of the molecule is COC(=O)C(CCOC1CCCCC1)NC(C)C. The van der Waals surface area contributed by atoms with Gasteiger partial charge in [0, 0.05) is 12.6 Å². The molecule has 1 rings (SSSR count). The fourth-order valence-electron chi connectivity index (χ4n) is 2.40. The smallest absolute Gasteiger partial charge is 0.322 e. The van der Waals surface area contributed by atoms with E-state index in [2.05, 4.69) is 5.32 Å². The molecule has 0 radical (unpaired) electrons. The minimum Gasteiger partial charge on any atom is -0.468 e. The molecule has 0 amide bonds. The number of ether oxygens (including phenoxy) is 2. The van der Waals surface area contributed by atoms with Crippen LogP contribution in [0.15, 0.2) is 0 Å². The Bertz CT molecular complexity index is 237. The van der Waals surface area contributed by atoms with Crippen molar-refractivity contribution in [2.24, 2.45) is 0 Å². The van der Waals surface area contributed by atoms with Crippen molar-refractivity contribution in [3.8, 4) is 0 Å². The zero-order valence-electron chi connectivity index (χ0n) is 11.9. The summed E-state index contributed by atoms with van der Waals surface area (Å²) in [4.78, 5) is 11.6. The summed E-state index contributed by atoms with van der Waals surface area (Å²) in [6, 6.07) is 0.0161. The average Bonchev–Trinajstić information content (AvgIpc) is 2.37. The molecule has 1 aliphatic rings. The molecule has 0 aromatic carbocycles. The third kappa shape index (κ3) is 5.83. The fourth-order valence-corrected chi connectivity index (χ4v) is 2.40. The van der Waals surface area contributed by atoms with E-state index in [4.69, 9.17) is 9.47 Å². The largest absolute Gasteiger partial charge is 0.468 e. The number of esters is 1. The molecule has 4 nitrogen and oxygen atoms in total. The van der Waals surface area contributed by atoms with Crippen LogP contribution in [-0.4, -0.2) is 37.9 Å². The predicted octanol–water partition coefficient (Wildman–Crippen LogP) is 2.27. The number of hydrogen-bond acceptors (Lipinski definition) is 4. The summed E-state index contributed by atoms with van der Waals surface area (Å²) in [6.07, 6.45) is 7.29. The lowest BCUT2D eigenvalue weighted by Crippen LogP contribution is -2.42. The number of rotatable bonds is 7. The molecule has 0 aliphatic heterocycles. The molecule has 0 saturated heterocycles. The highest BCUT2D eigenvalue weighted by atomic mass is 16.5. The zero-order chi connectivity index (χ0) is 13.4. The van der Waals surface area contributed by atoms with Crippen LogP contribution in [-0.2, 0) is 14.3 Å². The van der Waals surface area contributed by atoms with E-state index < -0.39 is 0 Å².